The average molecular weight is 368 g/mol. The van der Waals surface area contributed by atoms with Gasteiger partial charge < -0.3 is 5.32 Å². The summed E-state index contributed by atoms with van der Waals surface area (Å²) in [5, 5.41) is 2.65. The topological polar surface area (TPSA) is 66.5 Å². The maximum atomic E-state index is 13.9. The van der Waals surface area contributed by atoms with Crippen LogP contribution in [0.15, 0.2) is 42.5 Å². The fraction of sp³-hybridized carbons (Fsp3) is 0.235. The maximum absolute atomic E-state index is 13.9. The molecule has 0 aliphatic carbocycles. The molecule has 134 valence electrons. The minimum atomic E-state index is -3.84. The van der Waals surface area contributed by atoms with Crippen LogP contribution in [-0.2, 0) is 14.8 Å². The lowest BCUT2D eigenvalue weighted by Crippen LogP contribution is -2.33. The van der Waals surface area contributed by atoms with Crippen molar-refractivity contribution in [3.05, 3.63) is 59.7 Å². The van der Waals surface area contributed by atoms with Crippen LogP contribution in [0.3, 0.4) is 0 Å². The van der Waals surface area contributed by atoms with Crippen LogP contribution in [0.25, 0.3) is 0 Å². The molecule has 25 heavy (non-hydrogen) atoms. The summed E-state index contributed by atoms with van der Waals surface area (Å²) in [6.45, 7) is 1.61. The average Bonchev–Trinajstić information content (AvgIpc) is 2.48. The lowest BCUT2D eigenvalue weighted by atomic mass is 10.2. The molecule has 0 bridgehead atoms. The van der Waals surface area contributed by atoms with E-state index in [1.165, 1.54) is 0 Å². The molecule has 0 saturated heterocycles. The number of hydrogen-bond acceptors (Lipinski definition) is 3. The molecule has 0 saturated carbocycles. The summed E-state index contributed by atoms with van der Waals surface area (Å²) in [6, 6.07) is 9.72. The number of anilines is 2. The lowest BCUT2D eigenvalue weighted by molar-refractivity contribution is -0.116. The number of carbonyl (C=O) groups excluding carboxylic acids is 1. The molecule has 0 aromatic heterocycles. The quantitative estimate of drug-likeness (QED) is 0.852. The Morgan fingerprint density at radius 1 is 1.16 bits per heavy atom. The summed E-state index contributed by atoms with van der Waals surface area (Å²) < 4.78 is 51.5. The molecule has 0 fully saturated rings. The van der Waals surface area contributed by atoms with Gasteiger partial charge in [0, 0.05) is 24.7 Å². The van der Waals surface area contributed by atoms with Gasteiger partial charge >= 0.3 is 0 Å². The fourth-order valence-corrected chi connectivity index (χ4v) is 3.23. The standard InChI is InChI=1S/C17H18F2N2O3S/c1-12-4-3-5-14(10-12)20-17(22)8-9-21(25(2,23)24)16-7-6-13(18)11-15(16)19/h3-7,10-11H,8-9H2,1-2H3,(H,20,22). The van der Waals surface area contributed by atoms with Gasteiger partial charge in [-0.15, -0.1) is 0 Å². The summed E-state index contributed by atoms with van der Waals surface area (Å²) >= 11 is 0. The Labute approximate surface area is 145 Å². The van der Waals surface area contributed by atoms with Gasteiger partial charge in [0.25, 0.3) is 0 Å². The Kier molecular flexibility index (Phi) is 5.73. The third-order valence-electron chi connectivity index (χ3n) is 3.42. The van der Waals surface area contributed by atoms with E-state index in [9.17, 15) is 22.0 Å². The Balaban J connectivity index is 2.12. The highest BCUT2D eigenvalue weighted by molar-refractivity contribution is 7.92. The first-order valence-electron chi connectivity index (χ1n) is 7.46. The normalized spacial score (nSPS) is 11.2. The molecule has 2 aromatic rings. The van der Waals surface area contributed by atoms with Crippen LogP contribution in [0, 0.1) is 18.6 Å². The molecular weight excluding hydrogens is 350 g/mol. The molecule has 2 rings (SSSR count). The number of nitrogens with zero attached hydrogens (tertiary/aromatic N) is 1. The van der Waals surface area contributed by atoms with E-state index in [0.717, 1.165) is 28.3 Å². The molecule has 0 heterocycles. The zero-order chi connectivity index (χ0) is 18.6. The van der Waals surface area contributed by atoms with Crippen LogP contribution < -0.4 is 9.62 Å². The van der Waals surface area contributed by atoms with E-state index in [4.69, 9.17) is 0 Å². The van der Waals surface area contributed by atoms with Gasteiger partial charge in [-0.1, -0.05) is 12.1 Å². The van der Waals surface area contributed by atoms with Crippen LogP contribution >= 0.6 is 0 Å². The van der Waals surface area contributed by atoms with E-state index >= 15 is 0 Å². The number of benzene rings is 2. The highest BCUT2D eigenvalue weighted by Gasteiger charge is 2.22. The number of sulfonamides is 1. The number of hydrogen-bond donors (Lipinski definition) is 1. The van der Waals surface area contributed by atoms with E-state index in [1.54, 1.807) is 18.2 Å². The van der Waals surface area contributed by atoms with Crippen LogP contribution in [0.4, 0.5) is 20.2 Å². The monoisotopic (exact) mass is 368 g/mol. The Morgan fingerprint density at radius 2 is 1.88 bits per heavy atom. The van der Waals surface area contributed by atoms with Crippen molar-refractivity contribution in [1.29, 1.82) is 0 Å². The molecule has 8 heteroatoms. The summed E-state index contributed by atoms with van der Waals surface area (Å²) in [4.78, 5) is 12.0. The number of aryl methyl sites for hydroxylation is 1. The second-order valence-electron chi connectivity index (χ2n) is 5.60. The zero-order valence-electron chi connectivity index (χ0n) is 13.8. The second kappa shape index (κ2) is 7.60. The molecule has 1 N–H and O–H groups in total. The van der Waals surface area contributed by atoms with Crippen molar-refractivity contribution in [2.24, 2.45) is 0 Å². The lowest BCUT2D eigenvalue weighted by Gasteiger charge is -2.22. The predicted molar refractivity (Wildman–Crippen MR) is 93.0 cm³/mol. The number of amides is 1. The van der Waals surface area contributed by atoms with Crippen molar-refractivity contribution >= 4 is 27.3 Å². The molecule has 0 aliphatic rings. The highest BCUT2D eigenvalue weighted by Crippen LogP contribution is 2.23. The van der Waals surface area contributed by atoms with Crippen LogP contribution in [0.5, 0.6) is 0 Å². The van der Waals surface area contributed by atoms with Gasteiger partial charge in [0.2, 0.25) is 15.9 Å². The molecule has 0 spiro atoms. The van der Waals surface area contributed by atoms with Gasteiger partial charge in [0.05, 0.1) is 11.9 Å². The molecule has 2 aromatic carbocycles. The summed E-state index contributed by atoms with van der Waals surface area (Å²) in [7, 11) is -3.84. The number of halogens is 2. The smallest absolute Gasteiger partial charge is 0.232 e. The van der Waals surface area contributed by atoms with Crippen molar-refractivity contribution in [2.75, 3.05) is 22.4 Å². The first kappa shape index (κ1) is 18.9. The van der Waals surface area contributed by atoms with Crippen LogP contribution in [0.1, 0.15) is 12.0 Å². The third-order valence-corrected chi connectivity index (χ3v) is 4.60. The first-order chi connectivity index (χ1) is 11.7. The van der Waals surface area contributed by atoms with Gasteiger partial charge in [0.1, 0.15) is 11.6 Å². The van der Waals surface area contributed by atoms with Gasteiger partial charge in [-0.2, -0.15) is 0 Å². The number of nitrogens with one attached hydrogen (secondary N) is 1. The van der Waals surface area contributed by atoms with E-state index in [1.807, 2.05) is 13.0 Å². The van der Waals surface area contributed by atoms with E-state index in [-0.39, 0.29) is 18.7 Å². The molecule has 1 amide bonds. The Bertz CT molecular complexity index is 885. The molecule has 5 nitrogen and oxygen atoms in total. The summed E-state index contributed by atoms with van der Waals surface area (Å²) in [5.41, 5.74) is 1.25. The largest absolute Gasteiger partial charge is 0.326 e. The maximum Gasteiger partial charge on any atom is 0.232 e. The van der Waals surface area contributed by atoms with Crippen LogP contribution in [0.2, 0.25) is 0 Å². The van der Waals surface area contributed by atoms with Crippen molar-refractivity contribution in [2.45, 2.75) is 13.3 Å². The van der Waals surface area contributed by atoms with Crippen molar-refractivity contribution in [3.8, 4) is 0 Å². The van der Waals surface area contributed by atoms with Crippen molar-refractivity contribution in [3.63, 3.8) is 0 Å². The fourth-order valence-electron chi connectivity index (χ4n) is 2.30. The summed E-state index contributed by atoms with van der Waals surface area (Å²) in [6.07, 6.45) is 0.714. The Morgan fingerprint density at radius 3 is 2.48 bits per heavy atom. The molecular formula is C17H18F2N2O3S. The SMILES string of the molecule is Cc1cccc(NC(=O)CCN(c2ccc(F)cc2F)S(C)(=O)=O)c1. The number of rotatable bonds is 6. The van der Waals surface area contributed by atoms with Gasteiger partial charge in [-0.05, 0) is 36.8 Å². The van der Waals surface area contributed by atoms with E-state index in [2.05, 4.69) is 5.32 Å². The highest BCUT2D eigenvalue weighted by atomic mass is 32.2. The summed E-state index contributed by atoms with van der Waals surface area (Å²) in [5.74, 6) is -2.24. The molecule has 0 unspecified atom stereocenters. The molecule has 0 atom stereocenters. The van der Waals surface area contributed by atoms with E-state index < -0.39 is 27.6 Å². The van der Waals surface area contributed by atoms with Gasteiger partial charge in [-0.3, -0.25) is 9.10 Å². The van der Waals surface area contributed by atoms with Crippen molar-refractivity contribution < 1.29 is 22.0 Å². The van der Waals surface area contributed by atoms with Crippen molar-refractivity contribution in [1.82, 2.24) is 0 Å². The second-order valence-corrected chi connectivity index (χ2v) is 7.51. The first-order valence-corrected chi connectivity index (χ1v) is 9.31. The van der Waals surface area contributed by atoms with Gasteiger partial charge in [0.15, 0.2) is 0 Å². The Hall–Kier alpha value is -2.48. The number of carbonyl (C=O) groups is 1. The predicted octanol–water partition coefficient (Wildman–Crippen LogP) is 3.07. The molecule has 0 aliphatic heterocycles. The zero-order valence-corrected chi connectivity index (χ0v) is 14.6. The third kappa shape index (κ3) is 5.25. The minimum Gasteiger partial charge on any atom is -0.326 e. The van der Waals surface area contributed by atoms with Crippen LogP contribution in [-0.4, -0.2) is 27.1 Å². The van der Waals surface area contributed by atoms with Gasteiger partial charge in [-0.25, -0.2) is 17.2 Å². The minimum absolute atomic E-state index is 0.183. The van der Waals surface area contributed by atoms with E-state index in [0.29, 0.717) is 11.8 Å². The molecule has 0 radical (unpaired) electrons.